The lowest BCUT2D eigenvalue weighted by Gasteiger charge is -2.15. The van der Waals surface area contributed by atoms with Gasteiger partial charge in [-0.15, -0.1) is 0 Å². The van der Waals surface area contributed by atoms with E-state index in [2.05, 4.69) is 0 Å². The molecule has 0 heterocycles. The van der Waals surface area contributed by atoms with E-state index in [1.807, 2.05) is 6.92 Å². The van der Waals surface area contributed by atoms with E-state index in [9.17, 15) is 9.18 Å². The van der Waals surface area contributed by atoms with E-state index in [0.717, 1.165) is 5.56 Å². The summed E-state index contributed by atoms with van der Waals surface area (Å²) in [5.41, 5.74) is 1.28. The van der Waals surface area contributed by atoms with Gasteiger partial charge in [-0.2, -0.15) is 0 Å². The zero-order valence-corrected chi connectivity index (χ0v) is 11.9. The minimum absolute atomic E-state index is 0.195. The van der Waals surface area contributed by atoms with Gasteiger partial charge in [0.05, 0.1) is 0 Å². The van der Waals surface area contributed by atoms with E-state index in [1.165, 1.54) is 24.3 Å². The molecule has 0 amide bonds. The van der Waals surface area contributed by atoms with Gasteiger partial charge in [-0.1, -0.05) is 11.6 Å². The van der Waals surface area contributed by atoms with Gasteiger partial charge < -0.3 is 4.74 Å². The summed E-state index contributed by atoms with van der Waals surface area (Å²) in [7, 11) is 0. The van der Waals surface area contributed by atoms with Crippen LogP contribution < -0.4 is 4.74 Å². The Balaban J connectivity index is 2.13. The van der Waals surface area contributed by atoms with Gasteiger partial charge >= 0.3 is 0 Å². The van der Waals surface area contributed by atoms with Crippen LogP contribution in [0.3, 0.4) is 0 Å². The van der Waals surface area contributed by atoms with Gasteiger partial charge in [0.15, 0.2) is 6.10 Å². The molecule has 0 spiro atoms. The van der Waals surface area contributed by atoms with Crippen LogP contribution in [-0.4, -0.2) is 11.9 Å². The van der Waals surface area contributed by atoms with Crippen molar-refractivity contribution in [2.45, 2.75) is 20.0 Å². The van der Waals surface area contributed by atoms with Crippen molar-refractivity contribution in [2.75, 3.05) is 0 Å². The quantitative estimate of drug-likeness (QED) is 0.779. The first kappa shape index (κ1) is 14.5. The van der Waals surface area contributed by atoms with Crippen molar-refractivity contribution in [3.8, 4) is 5.75 Å². The fourth-order valence-electron chi connectivity index (χ4n) is 1.84. The summed E-state index contributed by atoms with van der Waals surface area (Å²) in [4.78, 5) is 12.2. The second-order valence-electron chi connectivity index (χ2n) is 4.54. The molecule has 0 radical (unpaired) electrons. The van der Waals surface area contributed by atoms with Crippen molar-refractivity contribution in [3.63, 3.8) is 0 Å². The second kappa shape index (κ2) is 6.06. The number of Topliss-reactive ketones (excluding diaryl/α,β-unsaturated/α-hetero) is 1. The third kappa shape index (κ3) is 3.36. The first-order valence-electron chi connectivity index (χ1n) is 6.20. The first-order chi connectivity index (χ1) is 9.47. The summed E-state index contributed by atoms with van der Waals surface area (Å²) in [6.45, 7) is 3.52. The van der Waals surface area contributed by atoms with Crippen LogP contribution in [0.25, 0.3) is 0 Å². The predicted octanol–water partition coefficient (Wildman–Crippen LogP) is 4.44. The van der Waals surface area contributed by atoms with E-state index in [1.54, 1.807) is 25.1 Å². The number of aryl methyl sites for hydroxylation is 1. The Morgan fingerprint density at radius 3 is 2.45 bits per heavy atom. The molecule has 2 rings (SSSR count). The summed E-state index contributed by atoms with van der Waals surface area (Å²) >= 11 is 5.87. The maximum absolute atomic E-state index is 12.8. The fourth-order valence-corrected chi connectivity index (χ4v) is 2.06. The van der Waals surface area contributed by atoms with E-state index >= 15 is 0 Å². The van der Waals surface area contributed by atoms with Gasteiger partial charge in [0.1, 0.15) is 11.6 Å². The van der Waals surface area contributed by atoms with Crippen LogP contribution in [0.4, 0.5) is 4.39 Å². The van der Waals surface area contributed by atoms with Gasteiger partial charge in [-0.25, -0.2) is 4.39 Å². The molecule has 104 valence electrons. The Bertz CT molecular complexity index is 623. The van der Waals surface area contributed by atoms with Crippen molar-refractivity contribution >= 4 is 17.4 Å². The lowest BCUT2D eigenvalue weighted by atomic mass is 10.1. The first-order valence-corrected chi connectivity index (χ1v) is 6.58. The molecule has 0 aromatic heterocycles. The zero-order valence-electron chi connectivity index (χ0n) is 11.2. The molecule has 0 aliphatic heterocycles. The van der Waals surface area contributed by atoms with Crippen LogP contribution in [0.5, 0.6) is 5.75 Å². The number of benzene rings is 2. The molecule has 1 unspecified atom stereocenters. The van der Waals surface area contributed by atoms with Gasteiger partial charge in [0.25, 0.3) is 0 Å². The lowest BCUT2D eigenvalue weighted by molar-refractivity contribution is 0.0817. The van der Waals surface area contributed by atoms with Crippen molar-refractivity contribution < 1.29 is 13.9 Å². The molecule has 1 atom stereocenters. The number of ketones is 1. The molecule has 0 fully saturated rings. The number of carbonyl (C=O) groups is 1. The molecule has 0 saturated carbocycles. The monoisotopic (exact) mass is 292 g/mol. The van der Waals surface area contributed by atoms with Crippen molar-refractivity contribution in [1.29, 1.82) is 0 Å². The number of hydrogen-bond acceptors (Lipinski definition) is 2. The highest BCUT2D eigenvalue weighted by Gasteiger charge is 2.17. The third-order valence-electron chi connectivity index (χ3n) is 2.94. The number of carbonyl (C=O) groups excluding carboxylic acids is 1. The molecule has 0 aliphatic rings. The van der Waals surface area contributed by atoms with E-state index in [4.69, 9.17) is 16.3 Å². The topological polar surface area (TPSA) is 26.3 Å². The summed E-state index contributed by atoms with van der Waals surface area (Å²) in [6, 6.07) is 10.6. The molecule has 20 heavy (non-hydrogen) atoms. The largest absolute Gasteiger partial charge is 0.482 e. The summed E-state index contributed by atoms with van der Waals surface area (Å²) < 4.78 is 18.5. The average Bonchev–Trinajstić information content (AvgIpc) is 2.42. The van der Waals surface area contributed by atoms with Gasteiger partial charge in [0.2, 0.25) is 5.78 Å². The molecule has 2 aromatic carbocycles. The summed E-state index contributed by atoms with van der Waals surface area (Å²) in [5.74, 6) is 0.0420. The van der Waals surface area contributed by atoms with Crippen LogP contribution in [0.1, 0.15) is 22.8 Å². The molecule has 0 saturated heterocycles. The predicted molar refractivity (Wildman–Crippen MR) is 77.0 cm³/mol. The standard InChI is InChI=1S/C16H14ClFO2/c1-10-9-13(17)5-8-15(10)20-11(2)16(19)12-3-6-14(18)7-4-12/h3-9,11H,1-2H3. The minimum atomic E-state index is -0.652. The van der Waals surface area contributed by atoms with Crippen molar-refractivity contribution in [3.05, 3.63) is 64.4 Å². The molecular formula is C16H14ClFO2. The number of halogens is 2. The van der Waals surface area contributed by atoms with Crippen LogP contribution in [0, 0.1) is 12.7 Å². The Morgan fingerprint density at radius 2 is 1.85 bits per heavy atom. The van der Waals surface area contributed by atoms with E-state index in [-0.39, 0.29) is 11.6 Å². The molecule has 0 bridgehead atoms. The molecule has 2 aromatic rings. The number of ether oxygens (including phenoxy) is 1. The normalized spacial score (nSPS) is 12.0. The number of rotatable bonds is 4. The molecule has 2 nitrogen and oxygen atoms in total. The maximum Gasteiger partial charge on any atom is 0.202 e. The van der Waals surface area contributed by atoms with E-state index in [0.29, 0.717) is 16.3 Å². The van der Waals surface area contributed by atoms with Crippen LogP contribution in [0.15, 0.2) is 42.5 Å². The molecular weight excluding hydrogens is 279 g/mol. The van der Waals surface area contributed by atoms with Crippen LogP contribution >= 0.6 is 11.6 Å². The molecule has 0 N–H and O–H groups in total. The smallest absolute Gasteiger partial charge is 0.202 e. The van der Waals surface area contributed by atoms with Gasteiger partial charge in [-0.3, -0.25) is 4.79 Å². The third-order valence-corrected chi connectivity index (χ3v) is 3.17. The van der Waals surface area contributed by atoms with Crippen LogP contribution in [0.2, 0.25) is 5.02 Å². The molecule has 0 aliphatic carbocycles. The van der Waals surface area contributed by atoms with Crippen LogP contribution in [-0.2, 0) is 0 Å². The highest BCUT2D eigenvalue weighted by Crippen LogP contribution is 2.23. The van der Waals surface area contributed by atoms with Gasteiger partial charge in [-0.05, 0) is 61.9 Å². The second-order valence-corrected chi connectivity index (χ2v) is 4.98. The fraction of sp³-hybridized carbons (Fsp3) is 0.188. The Morgan fingerprint density at radius 1 is 1.20 bits per heavy atom. The average molecular weight is 293 g/mol. The van der Waals surface area contributed by atoms with Crippen molar-refractivity contribution in [1.82, 2.24) is 0 Å². The number of hydrogen-bond donors (Lipinski definition) is 0. The van der Waals surface area contributed by atoms with Gasteiger partial charge in [0, 0.05) is 10.6 Å². The van der Waals surface area contributed by atoms with Crippen molar-refractivity contribution in [2.24, 2.45) is 0 Å². The van der Waals surface area contributed by atoms with E-state index < -0.39 is 6.10 Å². The highest BCUT2D eigenvalue weighted by molar-refractivity contribution is 6.30. The Labute approximate surface area is 122 Å². The Hall–Kier alpha value is -1.87. The summed E-state index contributed by atoms with van der Waals surface area (Å²) in [6.07, 6.45) is -0.652. The maximum atomic E-state index is 12.8. The minimum Gasteiger partial charge on any atom is -0.482 e. The highest BCUT2D eigenvalue weighted by atomic mass is 35.5. The summed E-state index contributed by atoms with van der Waals surface area (Å²) in [5, 5.41) is 0.618. The lowest BCUT2D eigenvalue weighted by Crippen LogP contribution is -2.24. The zero-order chi connectivity index (χ0) is 14.7. The molecule has 4 heteroatoms. The SMILES string of the molecule is Cc1cc(Cl)ccc1OC(C)C(=O)c1ccc(F)cc1. The Kier molecular flexibility index (Phi) is 4.40.